The van der Waals surface area contributed by atoms with E-state index < -0.39 is 20.0 Å². The zero-order chi connectivity index (χ0) is 19.8. The molecule has 0 unspecified atom stereocenters. The van der Waals surface area contributed by atoms with Crippen molar-refractivity contribution >= 4 is 62.7 Å². The summed E-state index contributed by atoms with van der Waals surface area (Å²) in [5, 5.41) is 0.166. The number of rotatable bonds is 6. The number of halogens is 1. The Kier molecular flexibility index (Phi) is 5.59. The molecule has 0 saturated heterocycles. The molecule has 0 saturated carbocycles. The number of sulfonamides is 2. The van der Waals surface area contributed by atoms with Gasteiger partial charge in [-0.2, -0.15) is 0 Å². The Hall–Kier alpha value is -1.53. The van der Waals surface area contributed by atoms with E-state index in [1.54, 1.807) is 32.0 Å². The second kappa shape index (κ2) is 7.47. The number of anilines is 1. The second-order valence-electron chi connectivity index (χ2n) is 5.98. The van der Waals surface area contributed by atoms with Crippen LogP contribution in [0.2, 0.25) is 0 Å². The molecule has 0 aliphatic carbocycles. The molecule has 0 aliphatic rings. The third-order valence-corrected chi connectivity index (χ3v) is 8.01. The highest BCUT2D eigenvalue weighted by Crippen LogP contribution is 2.30. The lowest BCUT2D eigenvalue weighted by atomic mass is 10.3. The highest BCUT2D eigenvalue weighted by Gasteiger charge is 2.19. The van der Waals surface area contributed by atoms with E-state index in [4.69, 9.17) is 0 Å². The molecule has 1 heterocycles. The number of aromatic nitrogens is 1. The van der Waals surface area contributed by atoms with E-state index in [1.807, 2.05) is 0 Å². The molecule has 0 aliphatic heterocycles. The molecular weight excluding hydrogens is 474 g/mol. The number of nitrogens with zero attached hydrogens (tertiary/aromatic N) is 1. The van der Waals surface area contributed by atoms with Crippen molar-refractivity contribution in [3.63, 3.8) is 0 Å². The number of nitrogens with one attached hydrogen (secondary N) is 2. The van der Waals surface area contributed by atoms with Gasteiger partial charge in [-0.05, 0) is 56.3 Å². The Morgan fingerprint density at radius 3 is 2.22 bits per heavy atom. The van der Waals surface area contributed by atoms with Crippen molar-refractivity contribution in [1.82, 2.24) is 9.71 Å². The summed E-state index contributed by atoms with van der Waals surface area (Å²) in [6.07, 6.45) is 0. The van der Waals surface area contributed by atoms with Crippen LogP contribution in [-0.2, 0) is 20.0 Å². The van der Waals surface area contributed by atoms with Gasteiger partial charge in [0, 0.05) is 10.5 Å². The number of hydrogen-bond donors (Lipinski definition) is 2. The van der Waals surface area contributed by atoms with Gasteiger partial charge in [0.15, 0.2) is 5.13 Å². The predicted molar refractivity (Wildman–Crippen MR) is 110 cm³/mol. The summed E-state index contributed by atoms with van der Waals surface area (Å²) in [5.74, 6) is 0. The first-order valence-electron chi connectivity index (χ1n) is 7.78. The van der Waals surface area contributed by atoms with Crippen LogP contribution in [0.25, 0.3) is 10.2 Å². The molecule has 0 bridgehead atoms. The first kappa shape index (κ1) is 20.2. The van der Waals surface area contributed by atoms with Crippen LogP contribution in [0.4, 0.5) is 5.13 Å². The van der Waals surface area contributed by atoms with Crippen LogP contribution in [0.1, 0.15) is 13.8 Å². The Bertz CT molecular complexity index is 1190. The number of hydrogen-bond acceptors (Lipinski definition) is 6. The smallest absolute Gasteiger partial charge is 0.255 e. The summed E-state index contributed by atoms with van der Waals surface area (Å²) in [5.41, 5.74) is 0.511. The average molecular weight is 490 g/mol. The van der Waals surface area contributed by atoms with Gasteiger partial charge in [0.2, 0.25) is 10.0 Å². The topological polar surface area (TPSA) is 105 Å². The van der Waals surface area contributed by atoms with Gasteiger partial charge in [0.1, 0.15) is 0 Å². The minimum Gasteiger partial charge on any atom is -0.255 e. The Morgan fingerprint density at radius 1 is 0.963 bits per heavy atom. The van der Waals surface area contributed by atoms with Gasteiger partial charge < -0.3 is 0 Å². The van der Waals surface area contributed by atoms with E-state index >= 15 is 0 Å². The molecule has 0 radical (unpaired) electrons. The van der Waals surface area contributed by atoms with Gasteiger partial charge in [-0.1, -0.05) is 27.3 Å². The number of thiazole rings is 1. The molecular formula is C16H16BrN3O4S3. The van der Waals surface area contributed by atoms with Crippen LogP contribution in [0, 0.1) is 0 Å². The predicted octanol–water partition coefficient (Wildman–Crippen LogP) is 3.55. The largest absolute Gasteiger partial charge is 0.263 e. The van der Waals surface area contributed by atoms with Crippen molar-refractivity contribution in [3.8, 4) is 0 Å². The van der Waals surface area contributed by atoms with E-state index in [0.717, 1.165) is 15.8 Å². The molecule has 3 aromatic rings. The zero-order valence-electron chi connectivity index (χ0n) is 14.3. The summed E-state index contributed by atoms with van der Waals surface area (Å²) in [6, 6.07) is 10.5. The van der Waals surface area contributed by atoms with Crippen LogP contribution in [0.3, 0.4) is 0 Å². The number of benzene rings is 2. The van der Waals surface area contributed by atoms with E-state index in [2.05, 4.69) is 30.4 Å². The maximum atomic E-state index is 12.5. The minimum atomic E-state index is -3.79. The van der Waals surface area contributed by atoms with Crippen LogP contribution in [-0.4, -0.2) is 27.9 Å². The van der Waals surface area contributed by atoms with Crippen molar-refractivity contribution in [2.45, 2.75) is 29.7 Å². The molecule has 0 amide bonds. The highest BCUT2D eigenvalue weighted by atomic mass is 79.9. The molecule has 11 heteroatoms. The van der Waals surface area contributed by atoms with Crippen molar-refractivity contribution in [1.29, 1.82) is 0 Å². The molecule has 7 nitrogen and oxygen atoms in total. The molecule has 3 rings (SSSR count). The highest BCUT2D eigenvalue weighted by molar-refractivity contribution is 9.10. The van der Waals surface area contributed by atoms with Gasteiger partial charge >= 0.3 is 0 Å². The fraction of sp³-hybridized carbons (Fsp3) is 0.188. The third kappa shape index (κ3) is 4.66. The standard InChI is InChI=1S/C16H16BrN3O4S3/c1-10(2)19-27(23,24)13-7-8-14-15(9-13)25-16(18-14)20-26(21,22)12-5-3-11(17)4-6-12/h3-10,19H,1-2H3,(H,18,20). The lowest BCUT2D eigenvalue weighted by molar-refractivity contribution is 0.570. The SMILES string of the molecule is CC(C)NS(=O)(=O)c1ccc2nc(NS(=O)(=O)c3ccc(Br)cc3)sc2c1. The zero-order valence-corrected chi connectivity index (χ0v) is 18.3. The van der Waals surface area contributed by atoms with Crippen molar-refractivity contribution < 1.29 is 16.8 Å². The minimum absolute atomic E-state index is 0.106. The van der Waals surface area contributed by atoms with Crippen molar-refractivity contribution in [3.05, 3.63) is 46.9 Å². The fourth-order valence-corrected chi connectivity index (χ4v) is 6.04. The molecule has 0 spiro atoms. The third-order valence-electron chi connectivity index (χ3n) is 3.41. The van der Waals surface area contributed by atoms with Crippen LogP contribution in [0.15, 0.2) is 56.7 Å². The first-order chi connectivity index (χ1) is 12.6. The maximum absolute atomic E-state index is 12.5. The Labute approximate surface area is 170 Å². The summed E-state index contributed by atoms with van der Waals surface area (Å²) < 4.78 is 55.8. The first-order valence-corrected chi connectivity index (χ1v) is 12.4. The molecule has 2 aromatic carbocycles. The molecule has 144 valence electrons. The summed E-state index contributed by atoms with van der Waals surface area (Å²) in [4.78, 5) is 4.44. The van der Waals surface area contributed by atoms with Gasteiger partial charge in [-0.25, -0.2) is 26.5 Å². The number of fused-ring (bicyclic) bond motifs is 1. The van der Waals surface area contributed by atoms with Crippen molar-refractivity contribution in [2.75, 3.05) is 4.72 Å². The van der Waals surface area contributed by atoms with Crippen LogP contribution >= 0.6 is 27.3 Å². The van der Waals surface area contributed by atoms with E-state index in [0.29, 0.717) is 10.2 Å². The van der Waals surface area contributed by atoms with Gasteiger partial charge in [0.05, 0.1) is 20.0 Å². The lowest BCUT2D eigenvalue weighted by Crippen LogP contribution is -2.30. The Morgan fingerprint density at radius 2 is 1.59 bits per heavy atom. The normalized spacial score (nSPS) is 12.6. The molecule has 27 heavy (non-hydrogen) atoms. The van der Waals surface area contributed by atoms with Crippen LogP contribution in [0.5, 0.6) is 0 Å². The lowest BCUT2D eigenvalue weighted by Gasteiger charge is -2.09. The van der Waals surface area contributed by atoms with E-state index in [1.165, 1.54) is 24.3 Å². The van der Waals surface area contributed by atoms with Gasteiger partial charge in [0.25, 0.3) is 10.0 Å². The van der Waals surface area contributed by atoms with Crippen LogP contribution < -0.4 is 9.44 Å². The van der Waals surface area contributed by atoms with Crippen molar-refractivity contribution in [2.24, 2.45) is 0 Å². The second-order valence-corrected chi connectivity index (χ2v) is 11.3. The Balaban J connectivity index is 1.92. The monoisotopic (exact) mass is 489 g/mol. The summed E-state index contributed by atoms with van der Waals surface area (Å²) in [6.45, 7) is 3.47. The summed E-state index contributed by atoms with van der Waals surface area (Å²) in [7, 11) is -7.42. The molecule has 1 aromatic heterocycles. The maximum Gasteiger partial charge on any atom is 0.263 e. The summed E-state index contributed by atoms with van der Waals surface area (Å²) >= 11 is 4.33. The van der Waals surface area contributed by atoms with Gasteiger partial charge in [-0.15, -0.1) is 0 Å². The fourth-order valence-electron chi connectivity index (χ4n) is 2.28. The van der Waals surface area contributed by atoms with Gasteiger partial charge in [-0.3, -0.25) is 4.72 Å². The van der Waals surface area contributed by atoms with E-state index in [9.17, 15) is 16.8 Å². The average Bonchev–Trinajstić information content (AvgIpc) is 2.94. The molecule has 0 fully saturated rings. The quantitative estimate of drug-likeness (QED) is 0.550. The molecule has 0 atom stereocenters. The van der Waals surface area contributed by atoms with E-state index in [-0.39, 0.29) is 21.0 Å². The molecule has 2 N–H and O–H groups in total.